The monoisotopic (exact) mass is 297 g/mol. The standard InChI is InChI=1S/C17H19N3O2/c21-17(20-22)14-4-3-13-5-6-16(9-15(13)8-14)19-11-12-2-1-7-18-10-12/h1-2,5-7,9-10,14,19,22H,3-4,8,11H2,(H,20,21). The Morgan fingerprint density at radius 1 is 1.32 bits per heavy atom. The molecule has 1 aliphatic carbocycles. The fourth-order valence-electron chi connectivity index (χ4n) is 2.89. The number of pyridine rings is 1. The molecule has 5 nitrogen and oxygen atoms in total. The predicted molar refractivity (Wildman–Crippen MR) is 83.4 cm³/mol. The van der Waals surface area contributed by atoms with Gasteiger partial charge in [-0.25, -0.2) is 5.48 Å². The first kappa shape index (κ1) is 14.5. The molecule has 1 aromatic carbocycles. The van der Waals surface area contributed by atoms with Crippen LogP contribution in [0.25, 0.3) is 0 Å². The van der Waals surface area contributed by atoms with Crippen LogP contribution in [0.4, 0.5) is 5.69 Å². The number of nitrogens with one attached hydrogen (secondary N) is 2. The second kappa shape index (κ2) is 6.58. The van der Waals surface area contributed by atoms with Crippen molar-refractivity contribution in [1.82, 2.24) is 10.5 Å². The summed E-state index contributed by atoms with van der Waals surface area (Å²) in [5, 5.41) is 12.2. The van der Waals surface area contributed by atoms with Gasteiger partial charge in [-0.05, 0) is 54.2 Å². The maximum atomic E-state index is 11.6. The van der Waals surface area contributed by atoms with Crippen molar-refractivity contribution in [2.24, 2.45) is 5.92 Å². The molecule has 0 bridgehead atoms. The Morgan fingerprint density at radius 2 is 2.23 bits per heavy atom. The number of rotatable bonds is 4. The zero-order valence-corrected chi connectivity index (χ0v) is 12.2. The Morgan fingerprint density at radius 3 is 3.00 bits per heavy atom. The van der Waals surface area contributed by atoms with Crippen LogP contribution in [0.2, 0.25) is 0 Å². The molecule has 0 radical (unpaired) electrons. The smallest absolute Gasteiger partial charge is 0.246 e. The lowest BCUT2D eigenvalue weighted by molar-refractivity contribution is -0.133. The molecule has 0 saturated carbocycles. The lowest BCUT2D eigenvalue weighted by Crippen LogP contribution is -2.31. The fraction of sp³-hybridized carbons (Fsp3) is 0.294. The van der Waals surface area contributed by atoms with Gasteiger partial charge in [0.2, 0.25) is 5.91 Å². The van der Waals surface area contributed by atoms with E-state index in [4.69, 9.17) is 5.21 Å². The van der Waals surface area contributed by atoms with Crippen LogP contribution >= 0.6 is 0 Å². The van der Waals surface area contributed by atoms with E-state index in [1.165, 1.54) is 11.1 Å². The Balaban J connectivity index is 1.69. The average molecular weight is 297 g/mol. The van der Waals surface area contributed by atoms with Crippen molar-refractivity contribution in [3.8, 4) is 0 Å². The molecule has 0 spiro atoms. The maximum Gasteiger partial charge on any atom is 0.246 e. The summed E-state index contributed by atoms with van der Waals surface area (Å²) in [5.41, 5.74) is 6.39. The van der Waals surface area contributed by atoms with E-state index in [2.05, 4.69) is 28.5 Å². The Bertz CT molecular complexity index is 658. The van der Waals surface area contributed by atoms with E-state index in [1.807, 2.05) is 18.3 Å². The van der Waals surface area contributed by atoms with Gasteiger partial charge in [0, 0.05) is 30.5 Å². The van der Waals surface area contributed by atoms with Gasteiger partial charge in [0.15, 0.2) is 0 Å². The molecule has 0 saturated heterocycles. The number of hydroxylamine groups is 1. The number of amides is 1. The van der Waals surface area contributed by atoms with Crippen molar-refractivity contribution in [3.63, 3.8) is 0 Å². The molecule has 2 aromatic rings. The molecule has 114 valence electrons. The molecular weight excluding hydrogens is 278 g/mol. The largest absolute Gasteiger partial charge is 0.381 e. The topological polar surface area (TPSA) is 74.2 Å². The second-order valence-electron chi connectivity index (χ2n) is 5.61. The summed E-state index contributed by atoms with van der Waals surface area (Å²) in [6.07, 6.45) is 5.92. The fourth-order valence-corrected chi connectivity index (χ4v) is 2.89. The number of nitrogens with zero attached hydrogens (tertiary/aromatic N) is 1. The maximum absolute atomic E-state index is 11.6. The minimum atomic E-state index is -0.292. The Hall–Kier alpha value is -2.40. The van der Waals surface area contributed by atoms with Crippen LogP contribution < -0.4 is 10.8 Å². The van der Waals surface area contributed by atoms with E-state index in [-0.39, 0.29) is 11.8 Å². The van der Waals surface area contributed by atoms with Gasteiger partial charge in [-0.2, -0.15) is 0 Å². The van der Waals surface area contributed by atoms with Crippen LogP contribution in [0, 0.1) is 5.92 Å². The van der Waals surface area contributed by atoms with Crippen molar-refractivity contribution in [3.05, 3.63) is 59.4 Å². The Labute approximate surface area is 129 Å². The first-order chi connectivity index (χ1) is 10.8. The first-order valence-corrected chi connectivity index (χ1v) is 7.45. The van der Waals surface area contributed by atoms with Crippen LogP contribution in [-0.4, -0.2) is 16.1 Å². The summed E-state index contributed by atoms with van der Waals surface area (Å²) in [7, 11) is 0. The number of hydrogen-bond donors (Lipinski definition) is 3. The molecule has 1 aromatic heterocycles. The molecule has 1 aliphatic rings. The molecule has 3 N–H and O–H groups in total. The number of carbonyl (C=O) groups is 1. The zero-order valence-electron chi connectivity index (χ0n) is 12.2. The minimum absolute atomic E-state index is 0.147. The summed E-state index contributed by atoms with van der Waals surface area (Å²) in [5.74, 6) is -0.439. The third-order valence-corrected chi connectivity index (χ3v) is 4.14. The average Bonchev–Trinajstić information content (AvgIpc) is 2.59. The van der Waals surface area contributed by atoms with Crippen LogP contribution in [0.1, 0.15) is 23.1 Å². The van der Waals surface area contributed by atoms with E-state index >= 15 is 0 Å². The zero-order chi connectivity index (χ0) is 15.4. The van der Waals surface area contributed by atoms with Gasteiger partial charge < -0.3 is 5.32 Å². The van der Waals surface area contributed by atoms with Crippen molar-refractivity contribution in [2.45, 2.75) is 25.8 Å². The third kappa shape index (κ3) is 3.26. The highest BCUT2D eigenvalue weighted by Gasteiger charge is 2.24. The van der Waals surface area contributed by atoms with E-state index < -0.39 is 0 Å². The number of aromatic nitrogens is 1. The van der Waals surface area contributed by atoms with Gasteiger partial charge in [-0.3, -0.25) is 15.0 Å². The second-order valence-corrected chi connectivity index (χ2v) is 5.61. The van der Waals surface area contributed by atoms with E-state index in [1.54, 1.807) is 11.7 Å². The first-order valence-electron chi connectivity index (χ1n) is 7.45. The SMILES string of the molecule is O=C(NO)C1CCc2ccc(NCc3cccnc3)cc2C1. The summed E-state index contributed by atoms with van der Waals surface area (Å²) in [4.78, 5) is 15.7. The molecule has 0 fully saturated rings. The quantitative estimate of drug-likeness (QED) is 0.598. The van der Waals surface area contributed by atoms with Crippen LogP contribution in [0.15, 0.2) is 42.7 Å². The molecule has 1 unspecified atom stereocenters. The van der Waals surface area contributed by atoms with Crippen molar-refractivity contribution in [2.75, 3.05) is 5.32 Å². The molecular formula is C17H19N3O2. The van der Waals surface area contributed by atoms with E-state index in [0.717, 1.165) is 24.1 Å². The van der Waals surface area contributed by atoms with Crippen LogP contribution in [-0.2, 0) is 24.2 Å². The summed E-state index contributed by atoms with van der Waals surface area (Å²) in [6, 6.07) is 10.2. The van der Waals surface area contributed by atoms with Gasteiger partial charge in [-0.1, -0.05) is 12.1 Å². The molecule has 1 amide bonds. The number of carbonyl (C=O) groups excluding carboxylic acids is 1. The molecule has 0 aliphatic heterocycles. The molecule has 1 atom stereocenters. The van der Waals surface area contributed by atoms with Gasteiger partial charge in [-0.15, -0.1) is 0 Å². The molecule has 22 heavy (non-hydrogen) atoms. The number of benzene rings is 1. The highest BCUT2D eigenvalue weighted by atomic mass is 16.5. The van der Waals surface area contributed by atoms with Crippen molar-refractivity contribution >= 4 is 11.6 Å². The highest BCUT2D eigenvalue weighted by Crippen LogP contribution is 2.28. The number of anilines is 1. The molecule has 1 heterocycles. The highest BCUT2D eigenvalue weighted by molar-refractivity contribution is 5.78. The third-order valence-electron chi connectivity index (χ3n) is 4.14. The normalized spacial score (nSPS) is 16.7. The summed E-state index contributed by atoms with van der Waals surface area (Å²) in [6.45, 7) is 0.715. The van der Waals surface area contributed by atoms with Gasteiger partial charge >= 0.3 is 0 Å². The summed E-state index contributed by atoms with van der Waals surface area (Å²) < 4.78 is 0. The van der Waals surface area contributed by atoms with Crippen LogP contribution in [0.3, 0.4) is 0 Å². The lowest BCUT2D eigenvalue weighted by atomic mass is 9.83. The molecule has 3 rings (SSSR count). The number of hydrogen-bond acceptors (Lipinski definition) is 4. The van der Waals surface area contributed by atoms with Gasteiger partial charge in [0.05, 0.1) is 0 Å². The van der Waals surface area contributed by atoms with E-state index in [0.29, 0.717) is 13.0 Å². The van der Waals surface area contributed by atoms with Crippen molar-refractivity contribution < 1.29 is 10.0 Å². The minimum Gasteiger partial charge on any atom is -0.381 e. The van der Waals surface area contributed by atoms with E-state index in [9.17, 15) is 4.79 Å². The summed E-state index contributed by atoms with van der Waals surface area (Å²) >= 11 is 0. The predicted octanol–water partition coefficient (Wildman–Crippen LogP) is 2.30. The number of fused-ring (bicyclic) bond motifs is 1. The van der Waals surface area contributed by atoms with Gasteiger partial charge in [0.25, 0.3) is 0 Å². The lowest BCUT2D eigenvalue weighted by Gasteiger charge is -2.23. The van der Waals surface area contributed by atoms with Gasteiger partial charge in [0.1, 0.15) is 0 Å². The van der Waals surface area contributed by atoms with Crippen molar-refractivity contribution in [1.29, 1.82) is 0 Å². The molecule has 5 heteroatoms. The Kier molecular flexibility index (Phi) is 4.34. The van der Waals surface area contributed by atoms with Crippen LogP contribution in [0.5, 0.6) is 0 Å². The number of aryl methyl sites for hydroxylation is 1.